The summed E-state index contributed by atoms with van der Waals surface area (Å²) in [5, 5.41) is 6.20. The van der Waals surface area contributed by atoms with Gasteiger partial charge in [-0.25, -0.2) is 12.8 Å². The molecule has 240 valence electrons. The van der Waals surface area contributed by atoms with E-state index < -0.39 is 15.8 Å². The quantitative estimate of drug-likeness (QED) is 0.505. The number of para-hydroxylation sites is 1. The fourth-order valence-electron chi connectivity index (χ4n) is 6.71. The van der Waals surface area contributed by atoms with Gasteiger partial charge in [0.25, 0.3) is 0 Å². The van der Waals surface area contributed by atoms with Crippen molar-refractivity contribution in [2.24, 2.45) is 11.3 Å². The smallest absolute Gasteiger partial charge is 0.243 e. The molecule has 1 spiro atoms. The lowest BCUT2D eigenvalue weighted by atomic mass is 9.73. The van der Waals surface area contributed by atoms with Crippen molar-refractivity contribution in [1.82, 2.24) is 19.8 Å². The average Bonchev–Trinajstić information content (AvgIpc) is 3.05. The Labute approximate surface area is 260 Å². The summed E-state index contributed by atoms with van der Waals surface area (Å²) in [6, 6.07) is 13.0. The van der Waals surface area contributed by atoms with E-state index in [1.165, 1.54) is 22.0 Å². The molecule has 44 heavy (non-hydrogen) atoms. The van der Waals surface area contributed by atoms with E-state index in [9.17, 15) is 22.4 Å². The molecule has 2 amide bonds. The molecule has 3 aliphatic rings. The molecule has 9 nitrogen and oxygen atoms in total. The average molecular weight is 629 g/mol. The predicted molar refractivity (Wildman–Crippen MR) is 166 cm³/mol. The van der Waals surface area contributed by atoms with E-state index in [2.05, 4.69) is 21.6 Å². The molecule has 0 bridgehead atoms. The molecule has 2 saturated heterocycles. The molecule has 11 heteroatoms. The standard InChI is InChI=1S/C33H45FN4O5S/c34-28-9-11-29(12-10-28)44(41,42)38-20-13-27(14-21-38)31(39)35-18-24-37-22-16-33(17-23-37)15-5-1-2-6-26-7-3-4-8-30(26)43-25-19-36-32(33)40/h3-4,7-12,27H,1-2,5-6,13-25H2,(H,35,39)(H,36,40). The van der Waals surface area contributed by atoms with E-state index in [1.807, 2.05) is 18.2 Å². The van der Waals surface area contributed by atoms with Crippen LogP contribution in [-0.4, -0.2) is 81.9 Å². The van der Waals surface area contributed by atoms with Gasteiger partial charge < -0.3 is 20.3 Å². The summed E-state index contributed by atoms with van der Waals surface area (Å²) in [6.07, 6.45) is 7.55. The van der Waals surface area contributed by atoms with Crippen LogP contribution in [0.15, 0.2) is 53.4 Å². The first-order valence-corrected chi connectivity index (χ1v) is 17.5. The third-order valence-electron chi connectivity index (χ3n) is 9.52. The van der Waals surface area contributed by atoms with Crippen LogP contribution in [0.4, 0.5) is 4.39 Å². The molecule has 2 fully saturated rings. The van der Waals surface area contributed by atoms with Crippen LogP contribution in [0.2, 0.25) is 0 Å². The van der Waals surface area contributed by atoms with E-state index in [0.717, 1.165) is 75.9 Å². The molecule has 0 atom stereocenters. The number of nitrogens with one attached hydrogen (secondary N) is 2. The highest BCUT2D eigenvalue weighted by atomic mass is 32.2. The Morgan fingerprint density at radius 2 is 1.70 bits per heavy atom. The van der Waals surface area contributed by atoms with Crippen LogP contribution in [0.25, 0.3) is 0 Å². The van der Waals surface area contributed by atoms with Crippen LogP contribution >= 0.6 is 0 Å². The van der Waals surface area contributed by atoms with Crippen LogP contribution in [0.3, 0.4) is 0 Å². The molecule has 5 rings (SSSR count). The number of hydrogen-bond acceptors (Lipinski definition) is 6. The van der Waals surface area contributed by atoms with Crippen LogP contribution in [-0.2, 0) is 26.0 Å². The van der Waals surface area contributed by atoms with Gasteiger partial charge in [-0.1, -0.05) is 31.0 Å². The summed E-state index contributed by atoms with van der Waals surface area (Å²) in [5.41, 5.74) is 0.872. The summed E-state index contributed by atoms with van der Waals surface area (Å²) in [4.78, 5) is 28.7. The molecule has 0 unspecified atom stereocenters. The van der Waals surface area contributed by atoms with Gasteiger partial charge in [0, 0.05) is 32.1 Å². The van der Waals surface area contributed by atoms with Gasteiger partial charge in [0.15, 0.2) is 0 Å². The van der Waals surface area contributed by atoms with E-state index in [4.69, 9.17) is 4.74 Å². The van der Waals surface area contributed by atoms with Crippen molar-refractivity contribution in [3.8, 4) is 5.75 Å². The number of benzene rings is 2. The summed E-state index contributed by atoms with van der Waals surface area (Å²) >= 11 is 0. The highest BCUT2D eigenvalue weighted by Crippen LogP contribution is 2.37. The first-order chi connectivity index (χ1) is 21.3. The van der Waals surface area contributed by atoms with E-state index >= 15 is 0 Å². The van der Waals surface area contributed by atoms with Crippen molar-refractivity contribution in [2.75, 3.05) is 52.4 Å². The fraction of sp³-hybridized carbons (Fsp3) is 0.576. The fourth-order valence-corrected chi connectivity index (χ4v) is 8.18. The Morgan fingerprint density at radius 1 is 0.977 bits per heavy atom. The predicted octanol–water partition coefficient (Wildman–Crippen LogP) is 3.74. The maximum atomic E-state index is 13.4. The monoisotopic (exact) mass is 628 g/mol. The Balaban J connectivity index is 1.04. The minimum Gasteiger partial charge on any atom is -0.491 e. The lowest BCUT2D eigenvalue weighted by Crippen LogP contribution is -2.50. The minimum atomic E-state index is -3.71. The van der Waals surface area contributed by atoms with Gasteiger partial charge in [-0.3, -0.25) is 9.59 Å². The zero-order chi connectivity index (χ0) is 31.0. The number of likely N-dealkylation sites (tertiary alicyclic amines) is 1. The van der Waals surface area contributed by atoms with Gasteiger partial charge in [0.05, 0.1) is 16.9 Å². The van der Waals surface area contributed by atoms with E-state index in [1.54, 1.807) is 0 Å². The lowest BCUT2D eigenvalue weighted by Gasteiger charge is -2.41. The first-order valence-electron chi connectivity index (χ1n) is 16.0. The number of piperidine rings is 2. The minimum absolute atomic E-state index is 0.0451. The molecule has 2 N–H and O–H groups in total. The zero-order valence-corrected chi connectivity index (χ0v) is 26.3. The van der Waals surface area contributed by atoms with Crippen LogP contribution in [0.5, 0.6) is 5.75 Å². The van der Waals surface area contributed by atoms with Crippen molar-refractivity contribution >= 4 is 21.8 Å². The van der Waals surface area contributed by atoms with Crippen LogP contribution < -0.4 is 15.4 Å². The van der Waals surface area contributed by atoms with Crippen molar-refractivity contribution < 1.29 is 27.1 Å². The number of aryl methyl sites for hydroxylation is 1. The maximum absolute atomic E-state index is 13.4. The molecular formula is C33H45FN4O5S. The summed E-state index contributed by atoms with van der Waals surface area (Å²) in [7, 11) is -3.71. The molecule has 0 radical (unpaired) electrons. The number of carbonyl (C=O) groups excluding carboxylic acids is 2. The van der Waals surface area contributed by atoms with E-state index in [0.29, 0.717) is 39.1 Å². The number of halogens is 1. The van der Waals surface area contributed by atoms with Crippen LogP contribution in [0, 0.1) is 17.2 Å². The van der Waals surface area contributed by atoms with Gasteiger partial charge in [-0.05, 0) is 93.9 Å². The number of nitrogens with zero attached hydrogens (tertiary/aromatic N) is 2. The van der Waals surface area contributed by atoms with E-state index in [-0.39, 0.29) is 41.1 Å². The molecule has 3 heterocycles. The summed E-state index contributed by atoms with van der Waals surface area (Å²) in [5.74, 6) is 0.283. The highest BCUT2D eigenvalue weighted by molar-refractivity contribution is 7.89. The molecule has 0 aliphatic carbocycles. The second kappa shape index (κ2) is 14.8. The molecule has 0 saturated carbocycles. The van der Waals surface area contributed by atoms with Crippen molar-refractivity contribution in [1.29, 1.82) is 0 Å². The molecule has 3 aliphatic heterocycles. The number of carbonyl (C=O) groups is 2. The van der Waals surface area contributed by atoms with Gasteiger partial charge in [0.1, 0.15) is 18.2 Å². The topological polar surface area (TPSA) is 108 Å². The Hall–Kier alpha value is -3.02. The second-order valence-corrected chi connectivity index (χ2v) is 14.3. The van der Waals surface area contributed by atoms with Crippen LogP contribution in [0.1, 0.15) is 56.9 Å². The lowest BCUT2D eigenvalue weighted by molar-refractivity contribution is -0.134. The molecular weight excluding hydrogens is 583 g/mol. The van der Waals surface area contributed by atoms with Crippen molar-refractivity contribution in [3.05, 3.63) is 59.9 Å². The first kappa shape index (κ1) is 32.4. The van der Waals surface area contributed by atoms with Crippen molar-refractivity contribution in [2.45, 2.75) is 62.7 Å². The SMILES string of the molecule is O=C(NCCN1CCC2(CCCCCc3ccccc3OCCNC2=O)CC1)C1CCN(S(=O)(=O)c2ccc(F)cc2)CC1. The zero-order valence-electron chi connectivity index (χ0n) is 25.4. The number of amides is 2. The number of sulfonamides is 1. The summed E-state index contributed by atoms with van der Waals surface area (Å²) < 4.78 is 46.3. The molecule has 2 aromatic rings. The van der Waals surface area contributed by atoms with Gasteiger partial charge in [-0.2, -0.15) is 4.31 Å². The van der Waals surface area contributed by atoms with Gasteiger partial charge in [0.2, 0.25) is 21.8 Å². The number of hydrogen-bond donors (Lipinski definition) is 2. The van der Waals surface area contributed by atoms with Gasteiger partial charge in [-0.15, -0.1) is 0 Å². The number of fused-ring (bicyclic) bond motifs is 1. The Morgan fingerprint density at radius 3 is 2.45 bits per heavy atom. The maximum Gasteiger partial charge on any atom is 0.243 e. The number of ether oxygens (including phenoxy) is 1. The second-order valence-electron chi connectivity index (χ2n) is 12.3. The largest absolute Gasteiger partial charge is 0.491 e. The third-order valence-corrected chi connectivity index (χ3v) is 11.4. The molecule has 2 aromatic carbocycles. The Bertz CT molecular complexity index is 1370. The molecule has 0 aromatic heterocycles. The van der Waals surface area contributed by atoms with Gasteiger partial charge >= 0.3 is 0 Å². The third kappa shape index (κ3) is 7.97. The normalized spacial score (nSPS) is 21.2. The highest BCUT2D eigenvalue weighted by Gasteiger charge is 2.40. The summed E-state index contributed by atoms with van der Waals surface area (Å²) in [6.45, 7) is 4.31. The Kier molecular flexibility index (Phi) is 10.9. The van der Waals surface area contributed by atoms with Crippen molar-refractivity contribution in [3.63, 3.8) is 0 Å². The number of rotatable bonds is 6.